The van der Waals surface area contributed by atoms with E-state index in [2.05, 4.69) is 43.9 Å². The first-order valence-corrected chi connectivity index (χ1v) is 10.7. The Bertz CT molecular complexity index is 1190. The molecule has 2 bridgehead atoms. The van der Waals surface area contributed by atoms with E-state index in [1.165, 1.54) is 22.3 Å². The summed E-state index contributed by atoms with van der Waals surface area (Å²) in [6.07, 6.45) is -0.109. The minimum absolute atomic E-state index is 0.0239. The number of carbonyl (C=O) groups is 1. The van der Waals surface area contributed by atoms with Gasteiger partial charge < -0.3 is 15.8 Å². The highest BCUT2D eigenvalue weighted by Crippen LogP contribution is 2.54. The summed E-state index contributed by atoms with van der Waals surface area (Å²) in [5.41, 5.74) is 14.9. The predicted octanol–water partition coefficient (Wildman–Crippen LogP) is 5.19. The molecule has 0 saturated carbocycles. The molecule has 0 saturated heterocycles. The van der Waals surface area contributed by atoms with E-state index in [1.54, 1.807) is 0 Å². The highest BCUT2D eigenvalue weighted by Gasteiger charge is 2.43. The molecule has 0 aromatic heterocycles. The van der Waals surface area contributed by atoms with E-state index in [4.69, 9.17) is 10.5 Å². The van der Waals surface area contributed by atoms with Crippen LogP contribution in [0.1, 0.15) is 81.3 Å². The van der Waals surface area contributed by atoms with Crippen LogP contribution in [0.25, 0.3) is 5.70 Å². The molecule has 2 heterocycles. The lowest BCUT2D eigenvalue weighted by molar-refractivity contribution is 0.0857. The number of hydrogen-bond acceptors (Lipinski definition) is 3. The number of fused-ring (bicyclic) bond motifs is 8. The number of rotatable bonds is 5. The lowest BCUT2D eigenvalue weighted by Gasteiger charge is -2.18. The van der Waals surface area contributed by atoms with E-state index in [0.717, 1.165) is 16.7 Å². The molecule has 5 rings (SSSR count). The first-order chi connectivity index (χ1) is 14.9. The third kappa shape index (κ3) is 3.33. The first-order valence-electron chi connectivity index (χ1n) is 10.7. The Labute approximate surface area is 182 Å². The van der Waals surface area contributed by atoms with Crippen molar-refractivity contribution >= 4 is 11.6 Å². The summed E-state index contributed by atoms with van der Waals surface area (Å²) in [5.74, 6) is 0.382. The van der Waals surface area contributed by atoms with Crippen molar-refractivity contribution in [3.63, 3.8) is 0 Å². The number of nitrogens with two attached hydrogens (primary N) is 1. The minimum atomic E-state index is -0.0889. The van der Waals surface area contributed by atoms with E-state index < -0.39 is 0 Å². The molecule has 1 amide bonds. The summed E-state index contributed by atoms with van der Waals surface area (Å²) in [4.78, 5) is 12.8. The summed E-state index contributed by atoms with van der Waals surface area (Å²) in [6, 6.07) is 20.3. The molecule has 0 radical (unpaired) electrons. The smallest absolute Gasteiger partial charge is 0.251 e. The zero-order valence-electron chi connectivity index (χ0n) is 17.8. The molecule has 0 fully saturated rings. The van der Waals surface area contributed by atoms with Crippen LogP contribution in [0.4, 0.5) is 0 Å². The molecule has 156 valence electrons. The van der Waals surface area contributed by atoms with Crippen molar-refractivity contribution in [2.24, 2.45) is 5.73 Å². The Kier molecular flexibility index (Phi) is 4.67. The van der Waals surface area contributed by atoms with Crippen LogP contribution < -0.4 is 11.1 Å². The molecule has 0 aliphatic carbocycles. The monoisotopic (exact) mass is 410 g/mol. The Morgan fingerprint density at radius 3 is 2.23 bits per heavy atom. The van der Waals surface area contributed by atoms with Crippen LogP contribution in [0.3, 0.4) is 0 Å². The first kappa shape index (κ1) is 19.6. The van der Waals surface area contributed by atoms with Crippen molar-refractivity contribution in [1.82, 2.24) is 5.32 Å². The highest BCUT2D eigenvalue weighted by molar-refractivity contribution is 5.94. The van der Waals surface area contributed by atoms with Gasteiger partial charge >= 0.3 is 0 Å². The van der Waals surface area contributed by atoms with E-state index >= 15 is 0 Å². The van der Waals surface area contributed by atoms with Crippen LogP contribution in [-0.4, -0.2) is 5.91 Å². The van der Waals surface area contributed by atoms with Crippen LogP contribution in [0.2, 0.25) is 0 Å². The maximum Gasteiger partial charge on any atom is 0.251 e. The summed E-state index contributed by atoms with van der Waals surface area (Å²) in [7, 11) is 0. The second-order valence-corrected chi connectivity index (χ2v) is 8.69. The summed E-state index contributed by atoms with van der Waals surface area (Å²) < 4.78 is 6.29. The summed E-state index contributed by atoms with van der Waals surface area (Å²) in [5, 5.41) is 3.01. The lowest BCUT2D eigenvalue weighted by atomic mass is 9.83. The Balaban J connectivity index is 1.34. The topological polar surface area (TPSA) is 64.3 Å². The van der Waals surface area contributed by atoms with Gasteiger partial charge in [-0.2, -0.15) is 0 Å². The molecule has 2 atom stereocenters. The maximum absolute atomic E-state index is 12.8. The fraction of sp³-hybridized carbons (Fsp3) is 0.222. The van der Waals surface area contributed by atoms with E-state index in [-0.39, 0.29) is 18.1 Å². The molecule has 2 aliphatic heterocycles. The van der Waals surface area contributed by atoms with Gasteiger partial charge in [0, 0.05) is 17.8 Å². The highest BCUT2D eigenvalue weighted by atomic mass is 16.5. The molecule has 31 heavy (non-hydrogen) atoms. The minimum Gasteiger partial charge on any atom is -0.399 e. The second kappa shape index (κ2) is 7.40. The predicted molar refractivity (Wildman–Crippen MR) is 123 cm³/mol. The lowest BCUT2D eigenvalue weighted by Crippen LogP contribution is -2.23. The van der Waals surface area contributed by atoms with Crippen LogP contribution in [0.5, 0.6) is 0 Å². The van der Waals surface area contributed by atoms with Gasteiger partial charge in [-0.3, -0.25) is 4.79 Å². The number of ether oxygens (including phenoxy) is 1. The van der Waals surface area contributed by atoms with Crippen molar-refractivity contribution in [2.45, 2.75) is 38.5 Å². The molecule has 3 aromatic rings. The SMILES string of the molecule is C=C(N)c1ccc(CNC(=O)c2ccc3c(c2)[C@@H]2O[C@H]3c3ccc(C(C)C)cc32)cc1. The molecule has 0 unspecified atom stereocenters. The van der Waals surface area contributed by atoms with Gasteiger partial charge in [-0.25, -0.2) is 0 Å². The molecular formula is C27H26N2O2. The molecule has 3 N–H and O–H groups in total. The van der Waals surface area contributed by atoms with Gasteiger partial charge in [0.1, 0.15) is 12.2 Å². The van der Waals surface area contributed by atoms with Gasteiger partial charge in [0.05, 0.1) is 0 Å². The third-order valence-corrected chi connectivity index (χ3v) is 6.31. The molecule has 2 aliphatic rings. The average molecular weight is 411 g/mol. The molecule has 3 aromatic carbocycles. The van der Waals surface area contributed by atoms with Gasteiger partial charge in [0.15, 0.2) is 0 Å². The summed E-state index contributed by atoms with van der Waals surface area (Å²) in [6.45, 7) is 8.59. The number of hydrogen-bond donors (Lipinski definition) is 2. The number of nitrogens with one attached hydrogen (secondary N) is 1. The fourth-order valence-corrected chi connectivity index (χ4v) is 4.49. The van der Waals surface area contributed by atoms with Crippen molar-refractivity contribution < 1.29 is 9.53 Å². The zero-order chi connectivity index (χ0) is 21.7. The van der Waals surface area contributed by atoms with Gasteiger partial charge in [0.25, 0.3) is 5.91 Å². The average Bonchev–Trinajstić information content (AvgIpc) is 3.34. The van der Waals surface area contributed by atoms with Crippen LogP contribution in [-0.2, 0) is 11.3 Å². The zero-order valence-corrected chi connectivity index (χ0v) is 17.8. The van der Waals surface area contributed by atoms with Crippen molar-refractivity contribution in [3.05, 3.63) is 112 Å². The molecule has 0 spiro atoms. The second-order valence-electron chi connectivity index (χ2n) is 8.69. The van der Waals surface area contributed by atoms with Crippen molar-refractivity contribution in [2.75, 3.05) is 0 Å². The van der Waals surface area contributed by atoms with Crippen LogP contribution in [0.15, 0.2) is 67.2 Å². The quantitative estimate of drug-likeness (QED) is 0.608. The van der Waals surface area contributed by atoms with Crippen molar-refractivity contribution in [3.8, 4) is 0 Å². The summed E-state index contributed by atoms with van der Waals surface area (Å²) >= 11 is 0. The Morgan fingerprint density at radius 2 is 1.55 bits per heavy atom. The van der Waals surface area contributed by atoms with Gasteiger partial charge in [-0.15, -0.1) is 0 Å². The Hall–Kier alpha value is -3.37. The van der Waals surface area contributed by atoms with Crippen molar-refractivity contribution in [1.29, 1.82) is 0 Å². The van der Waals surface area contributed by atoms with E-state index in [9.17, 15) is 4.79 Å². The molecular weight excluding hydrogens is 384 g/mol. The van der Waals surface area contributed by atoms with Crippen LogP contribution in [0, 0.1) is 0 Å². The molecule has 4 heteroatoms. The number of amides is 1. The van der Waals surface area contributed by atoms with E-state index in [0.29, 0.717) is 23.7 Å². The fourth-order valence-electron chi connectivity index (χ4n) is 4.49. The van der Waals surface area contributed by atoms with Gasteiger partial charge in [0.2, 0.25) is 0 Å². The van der Waals surface area contributed by atoms with E-state index in [1.807, 2.05) is 42.5 Å². The van der Waals surface area contributed by atoms with Gasteiger partial charge in [-0.05, 0) is 57.0 Å². The Morgan fingerprint density at radius 1 is 0.935 bits per heavy atom. The normalized spacial score (nSPS) is 18.0. The van der Waals surface area contributed by atoms with Crippen LogP contribution >= 0.6 is 0 Å². The number of benzene rings is 3. The maximum atomic E-state index is 12.8. The number of carbonyl (C=O) groups excluding carboxylic acids is 1. The standard InChI is InChI=1S/C27H26N2O2/c1-15(2)19-8-10-21-23(12-19)26-24-13-20(9-11-22(24)25(21)31-26)27(30)29-14-17-4-6-18(7-5-17)16(3)28/h4-13,15,25-26H,3,14,28H2,1-2H3,(H,29,30)/t25-,26+/m0/s1. The third-order valence-electron chi connectivity index (χ3n) is 6.31. The van der Waals surface area contributed by atoms with Gasteiger partial charge in [-0.1, -0.05) is 69.0 Å². The molecule has 4 nitrogen and oxygen atoms in total. The largest absolute Gasteiger partial charge is 0.399 e.